The largest absolute Gasteiger partial charge is 0.481 e. The fourth-order valence-corrected chi connectivity index (χ4v) is 2.91. The number of hydrogen-bond donors (Lipinski definition) is 1. The number of methoxy groups -OCH3 is 1. The second kappa shape index (κ2) is 6.79. The molecule has 1 aliphatic heterocycles. The van der Waals surface area contributed by atoms with Crippen LogP contribution in [0.1, 0.15) is 12.0 Å². The third-order valence-electron chi connectivity index (χ3n) is 3.64. The van der Waals surface area contributed by atoms with Crippen LogP contribution in [0, 0.1) is 11.3 Å². The summed E-state index contributed by atoms with van der Waals surface area (Å²) >= 11 is 3.34. The van der Waals surface area contributed by atoms with Gasteiger partial charge in [-0.05, 0) is 28.4 Å². The average Bonchev–Trinajstić information content (AvgIpc) is 3.03. The minimum Gasteiger partial charge on any atom is -0.481 e. The van der Waals surface area contributed by atoms with Gasteiger partial charge in [-0.2, -0.15) is 5.26 Å². The average molecular weight is 375 g/mol. The molecule has 1 fully saturated rings. The summed E-state index contributed by atoms with van der Waals surface area (Å²) in [5.74, 6) is 1.98. The molecule has 7 nitrogen and oxygen atoms in total. The Hall–Kier alpha value is -2.40. The lowest BCUT2D eigenvalue weighted by atomic mass is 10.2. The maximum atomic E-state index is 9.28. The Kier molecular flexibility index (Phi) is 4.57. The van der Waals surface area contributed by atoms with E-state index in [2.05, 4.69) is 47.2 Å². The van der Waals surface area contributed by atoms with E-state index < -0.39 is 0 Å². The summed E-state index contributed by atoms with van der Waals surface area (Å²) in [5.41, 5.74) is 0.573. The summed E-state index contributed by atoms with van der Waals surface area (Å²) in [6.45, 7) is 1.60. The molecule has 0 radical (unpaired) electrons. The summed E-state index contributed by atoms with van der Waals surface area (Å²) in [6.07, 6.45) is 4.12. The molecule has 1 unspecified atom stereocenters. The first-order valence-corrected chi connectivity index (χ1v) is 7.92. The predicted molar refractivity (Wildman–Crippen MR) is 89.5 cm³/mol. The molecule has 23 heavy (non-hydrogen) atoms. The van der Waals surface area contributed by atoms with E-state index in [1.54, 1.807) is 25.4 Å². The van der Waals surface area contributed by atoms with Gasteiger partial charge in [-0.1, -0.05) is 0 Å². The van der Waals surface area contributed by atoms with Crippen LogP contribution in [0.4, 0.5) is 11.6 Å². The first-order chi connectivity index (χ1) is 11.2. The van der Waals surface area contributed by atoms with Gasteiger partial charge < -0.3 is 15.0 Å². The minimum absolute atomic E-state index is 0.228. The van der Waals surface area contributed by atoms with E-state index in [-0.39, 0.29) is 6.04 Å². The van der Waals surface area contributed by atoms with Gasteiger partial charge >= 0.3 is 0 Å². The van der Waals surface area contributed by atoms with E-state index in [1.165, 1.54) is 6.33 Å². The van der Waals surface area contributed by atoms with Crippen molar-refractivity contribution >= 4 is 27.6 Å². The lowest BCUT2D eigenvalue weighted by Gasteiger charge is -2.19. The highest BCUT2D eigenvalue weighted by molar-refractivity contribution is 9.10. The smallest absolute Gasteiger partial charge is 0.218 e. The maximum absolute atomic E-state index is 9.28. The zero-order chi connectivity index (χ0) is 16.2. The molecule has 0 spiro atoms. The molecule has 1 aliphatic rings. The quantitative estimate of drug-likeness (QED) is 0.877. The highest BCUT2D eigenvalue weighted by Gasteiger charge is 2.25. The van der Waals surface area contributed by atoms with Crippen molar-refractivity contribution < 1.29 is 4.74 Å². The fraction of sp³-hybridized carbons (Fsp3) is 0.333. The van der Waals surface area contributed by atoms with Crippen molar-refractivity contribution in [3.05, 3.63) is 34.7 Å². The molecule has 3 heterocycles. The summed E-state index contributed by atoms with van der Waals surface area (Å²) in [6, 6.07) is 5.98. The van der Waals surface area contributed by atoms with E-state index in [9.17, 15) is 5.26 Å². The monoisotopic (exact) mass is 374 g/mol. The van der Waals surface area contributed by atoms with Gasteiger partial charge in [-0.15, -0.1) is 0 Å². The van der Waals surface area contributed by atoms with Gasteiger partial charge in [0.15, 0.2) is 0 Å². The molecule has 0 amide bonds. The summed E-state index contributed by atoms with van der Waals surface area (Å²) in [4.78, 5) is 14.7. The first-order valence-electron chi connectivity index (χ1n) is 7.12. The van der Waals surface area contributed by atoms with E-state index in [4.69, 9.17) is 4.74 Å². The Bertz CT molecular complexity index is 747. The van der Waals surface area contributed by atoms with Crippen LogP contribution in [-0.2, 0) is 0 Å². The van der Waals surface area contributed by atoms with Crippen LogP contribution in [0.5, 0.6) is 5.88 Å². The molecule has 1 N–H and O–H groups in total. The van der Waals surface area contributed by atoms with Crippen LogP contribution in [-0.4, -0.2) is 41.2 Å². The van der Waals surface area contributed by atoms with Crippen LogP contribution in [0.15, 0.2) is 29.1 Å². The Morgan fingerprint density at radius 1 is 1.39 bits per heavy atom. The molecule has 2 aromatic rings. The van der Waals surface area contributed by atoms with E-state index in [0.717, 1.165) is 35.6 Å². The SMILES string of the molecule is COc1cc(NC2CCN(c3ncc(Br)cc3C#N)C2)ncn1. The number of nitriles is 1. The summed E-state index contributed by atoms with van der Waals surface area (Å²) in [5, 5.41) is 12.6. The van der Waals surface area contributed by atoms with Gasteiger partial charge in [-0.25, -0.2) is 15.0 Å². The zero-order valence-corrected chi connectivity index (χ0v) is 14.1. The van der Waals surface area contributed by atoms with Crippen molar-refractivity contribution in [2.24, 2.45) is 0 Å². The van der Waals surface area contributed by atoms with Crippen LogP contribution >= 0.6 is 15.9 Å². The number of rotatable bonds is 4. The molecular weight excluding hydrogens is 360 g/mol. The molecule has 0 saturated carbocycles. The molecule has 8 heteroatoms. The second-order valence-corrected chi connectivity index (χ2v) is 6.07. The lowest BCUT2D eigenvalue weighted by molar-refractivity contribution is 0.397. The van der Waals surface area contributed by atoms with Crippen molar-refractivity contribution in [3.63, 3.8) is 0 Å². The van der Waals surface area contributed by atoms with Gasteiger partial charge in [0.1, 0.15) is 24.0 Å². The van der Waals surface area contributed by atoms with Crippen molar-refractivity contribution in [3.8, 4) is 11.9 Å². The number of ether oxygens (including phenoxy) is 1. The summed E-state index contributed by atoms with van der Waals surface area (Å²) in [7, 11) is 1.58. The number of aromatic nitrogens is 3. The molecule has 118 valence electrons. The Morgan fingerprint density at radius 3 is 3.04 bits per heavy atom. The normalized spacial score (nSPS) is 16.9. The molecule has 1 saturated heterocycles. The molecule has 0 bridgehead atoms. The van der Waals surface area contributed by atoms with Gasteiger partial charge in [0.2, 0.25) is 5.88 Å². The van der Waals surface area contributed by atoms with Crippen molar-refractivity contribution in [2.75, 3.05) is 30.4 Å². The third kappa shape index (κ3) is 3.51. The van der Waals surface area contributed by atoms with Gasteiger partial charge in [-0.3, -0.25) is 0 Å². The highest BCUT2D eigenvalue weighted by Crippen LogP contribution is 2.25. The fourth-order valence-electron chi connectivity index (χ4n) is 2.58. The highest BCUT2D eigenvalue weighted by atomic mass is 79.9. The number of hydrogen-bond acceptors (Lipinski definition) is 7. The predicted octanol–water partition coefficient (Wildman–Crippen LogP) is 2.21. The molecule has 1 atom stereocenters. The molecule has 0 aromatic carbocycles. The number of halogens is 1. The van der Waals surface area contributed by atoms with Crippen LogP contribution in [0.3, 0.4) is 0 Å². The van der Waals surface area contributed by atoms with Gasteiger partial charge in [0.05, 0.1) is 12.7 Å². The van der Waals surface area contributed by atoms with Crippen molar-refractivity contribution in [2.45, 2.75) is 12.5 Å². The van der Waals surface area contributed by atoms with E-state index in [0.29, 0.717) is 11.4 Å². The first kappa shape index (κ1) is 15.5. The molecule has 3 rings (SSSR count). The van der Waals surface area contributed by atoms with Crippen molar-refractivity contribution in [1.29, 1.82) is 5.26 Å². The number of nitrogens with one attached hydrogen (secondary N) is 1. The van der Waals surface area contributed by atoms with Crippen LogP contribution < -0.4 is 15.0 Å². The van der Waals surface area contributed by atoms with Gasteiger partial charge in [0.25, 0.3) is 0 Å². The van der Waals surface area contributed by atoms with E-state index >= 15 is 0 Å². The van der Waals surface area contributed by atoms with E-state index in [1.807, 2.05) is 0 Å². The lowest BCUT2D eigenvalue weighted by Crippen LogP contribution is -2.27. The Balaban J connectivity index is 1.70. The minimum atomic E-state index is 0.228. The van der Waals surface area contributed by atoms with Gasteiger partial charge in [0, 0.05) is 35.9 Å². The van der Waals surface area contributed by atoms with Crippen LogP contribution in [0.2, 0.25) is 0 Å². The van der Waals surface area contributed by atoms with Crippen LogP contribution in [0.25, 0.3) is 0 Å². The molecule has 0 aliphatic carbocycles. The summed E-state index contributed by atoms with van der Waals surface area (Å²) < 4.78 is 5.90. The Morgan fingerprint density at radius 2 is 2.26 bits per heavy atom. The van der Waals surface area contributed by atoms with Crippen molar-refractivity contribution in [1.82, 2.24) is 15.0 Å². The topological polar surface area (TPSA) is 87.0 Å². The number of pyridine rings is 1. The zero-order valence-electron chi connectivity index (χ0n) is 12.5. The maximum Gasteiger partial charge on any atom is 0.218 e. The standard InChI is InChI=1S/C15H15BrN6O/c1-23-14-5-13(19-9-20-14)21-12-2-3-22(8-12)15-10(6-17)4-11(16)7-18-15/h4-5,7,9,12H,2-3,8H2,1H3,(H,19,20,21). The number of nitrogens with zero attached hydrogens (tertiary/aromatic N) is 5. The molecule has 2 aromatic heterocycles. The Labute approximate surface area is 142 Å². The molecular formula is C15H15BrN6O. The third-order valence-corrected chi connectivity index (χ3v) is 4.08. The second-order valence-electron chi connectivity index (χ2n) is 5.16. The number of anilines is 2.